The SMILES string of the molecule is CC.CC.CC.CCC(CC)(NC(=O)C1CCCN1C(=O)OC(C)(C)C)C(=O)NS.O=c1[nH]ccc2ccccc12. The summed E-state index contributed by atoms with van der Waals surface area (Å²) in [7, 11) is 0. The molecule has 0 saturated carbocycles. The molecule has 234 valence electrons. The van der Waals surface area contributed by atoms with Crippen LogP contribution in [0.1, 0.15) is 102 Å². The van der Waals surface area contributed by atoms with Crippen molar-refractivity contribution in [2.24, 2.45) is 0 Å². The normalized spacial score (nSPS) is 13.9. The van der Waals surface area contributed by atoms with Gasteiger partial charge < -0.3 is 19.8 Å². The average molecular weight is 595 g/mol. The third-order valence-electron chi connectivity index (χ3n) is 5.97. The van der Waals surface area contributed by atoms with Gasteiger partial charge in [0.05, 0.1) is 0 Å². The lowest BCUT2D eigenvalue weighted by atomic mass is 9.91. The Hall–Kier alpha value is -3.01. The standard InChI is InChI=1S/C16H29N3O4S.C9H7NO.3C2H6/c1-6-16(7-2,13(21)18-24)17-12(20)11-9-8-10-19(11)14(22)23-15(3,4)5;11-9-8-4-2-1-3-7(8)5-6-10-9;3*1-2/h11,24H,6-10H2,1-5H3,(H,17,20)(H,18,21);1-6H,(H,10,11);3*1-2H3. The molecule has 3 amide bonds. The van der Waals surface area contributed by atoms with Gasteiger partial charge in [0.15, 0.2) is 0 Å². The summed E-state index contributed by atoms with van der Waals surface area (Å²) >= 11 is 3.81. The molecule has 41 heavy (non-hydrogen) atoms. The summed E-state index contributed by atoms with van der Waals surface area (Å²) in [6.45, 7) is 21.5. The van der Waals surface area contributed by atoms with Gasteiger partial charge in [0, 0.05) is 18.1 Å². The molecule has 1 saturated heterocycles. The number of amides is 3. The summed E-state index contributed by atoms with van der Waals surface area (Å²) in [5.74, 6) is -0.690. The van der Waals surface area contributed by atoms with Gasteiger partial charge in [-0.1, -0.05) is 86.4 Å². The minimum absolute atomic E-state index is 0.0249. The lowest BCUT2D eigenvalue weighted by molar-refractivity contribution is -0.134. The van der Waals surface area contributed by atoms with E-state index in [0.29, 0.717) is 25.8 Å². The first-order chi connectivity index (χ1) is 19.5. The number of fused-ring (bicyclic) bond motifs is 1. The van der Waals surface area contributed by atoms with Crippen LogP contribution in [0.4, 0.5) is 4.79 Å². The maximum atomic E-state index is 12.7. The number of H-pyrrole nitrogens is 1. The summed E-state index contributed by atoms with van der Waals surface area (Å²) in [5.41, 5.74) is -1.67. The molecule has 3 N–H and O–H groups in total. The minimum atomic E-state index is -1.03. The summed E-state index contributed by atoms with van der Waals surface area (Å²) < 4.78 is 7.67. The van der Waals surface area contributed by atoms with Crippen molar-refractivity contribution >= 4 is 41.5 Å². The highest BCUT2D eigenvalue weighted by atomic mass is 32.1. The number of hydrogen-bond acceptors (Lipinski definition) is 6. The number of benzene rings is 1. The predicted molar refractivity (Wildman–Crippen MR) is 173 cm³/mol. The van der Waals surface area contributed by atoms with Crippen LogP contribution in [-0.4, -0.2) is 51.5 Å². The van der Waals surface area contributed by atoms with Gasteiger partial charge in [-0.25, -0.2) is 4.79 Å². The Morgan fingerprint density at radius 3 is 2.05 bits per heavy atom. The van der Waals surface area contributed by atoms with E-state index in [0.717, 1.165) is 17.2 Å². The Bertz CT molecular complexity index is 1090. The number of ether oxygens (including phenoxy) is 1. The van der Waals surface area contributed by atoms with E-state index in [9.17, 15) is 19.2 Å². The first kappa shape index (κ1) is 40.1. The highest BCUT2D eigenvalue weighted by molar-refractivity contribution is 7.78. The van der Waals surface area contributed by atoms with Crippen LogP contribution in [0.3, 0.4) is 0 Å². The van der Waals surface area contributed by atoms with Crippen LogP contribution in [-0.2, 0) is 14.3 Å². The number of nitrogens with zero attached hydrogens (tertiary/aromatic N) is 1. The molecule has 2 aromatic rings. The molecule has 0 radical (unpaired) electrons. The number of aromatic nitrogens is 1. The van der Waals surface area contributed by atoms with Crippen LogP contribution in [0, 0.1) is 0 Å². The molecule has 1 aromatic heterocycles. The number of likely N-dealkylation sites (tertiary alicyclic amines) is 1. The van der Waals surface area contributed by atoms with Gasteiger partial charge in [0.25, 0.3) is 11.5 Å². The molecule has 0 spiro atoms. The van der Waals surface area contributed by atoms with Gasteiger partial charge in [-0.15, -0.1) is 0 Å². The molecule has 1 atom stereocenters. The number of thiol groups is 1. The molecule has 3 rings (SSSR count). The quantitative estimate of drug-likeness (QED) is 0.290. The van der Waals surface area contributed by atoms with Crippen LogP contribution < -0.4 is 15.6 Å². The van der Waals surface area contributed by atoms with Gasteiger partial charge >= 0.3 is 6.09 Å². The fraction of sp³-hybridized carbons (Fsp3) is 0.613. The zero-order chi connectivity index (χ0) is 32.2. The third kappa shape index (κ3) is 12.6. The monoisotopic (exact) mass is 594 g/mol. The van der Waals surface area contributed by atoms with Crippen molar-refractivity contribution in [3.05, 3.63) is 46.9 Å². The number of carbonyl (C=O) groups excluding carboxylic acids is 3. The van der Waals surface area contributed by atoms with Crippen molar-refractivity contribution in [3.63, 3.8) is 0 Å². The van der Waals surface area contributed by atoms with Gasteiger partial charge in [0.2, 0.25) is 5.91 Å². The lowest BCUT2D eigenvalue weighted by Gasteiger charge is -2.34. The lowest BCUT2D eigenvalue weighted by Crippen LogP contribution is -2.60. The van der Waals surface area contributed by atoms with Gasteiger partial charge in [-0.05, 0) is 64.0 Å². The van der Waals surface area contributed by atoms with Crippen LogP contribution in [0.2, 0.25) is 0 Å². The maximum Gasteiger partial charge on any atom is 0.410 e. The van der Waals surface area contributed by atoms with Gasteiger partial charge in [-0.3, -0.25) is 19.3 Å². The van der Waals surface area contributed by atoms with E-state index in [1.807, 2.05) is 85.7 Å². The molecule has 0 aliphatic carbocycles. The summed E-state index contributed by atoms with van der Waals surface area (Å²) in [6.07, 6.45) is 3.29. The molecule has 9 nitrogen and oxygen atoms in total. The number of aromatic amines is 1. The zero-order valence-electron chi connectivity index (χ0n) is 27.0. The second-order valence-corrected chi connectivity index (χ2v) is 9.67. The van der Waals surface area contributed by atoms with Crippen molar-refractivity contribution in [3.8, 4) is 0 Å². The summed E-state index contributed by atoms with van der Waals surface area (Å²) in [5, 5.41) is 4.55. The van der Waals surface area contributed by atoms with Crippen LogP contribution in [0.5, 0.6) is 0 Å². The van der Waals surface area contributed by atoms with E-state index in [1.54, 1.807) is 27.0 Å². The van der Waals surface area contributed by atoms with Gasteiger partial charge in [-0.2, -0.15) is 0 Å². The van der Waals surface area contributed by atoms with E-state index < -0.39 is 23.3 Å². The highest BCUT2D eigenvalue weighted by Crippen LogP contribution is 2.23. The molecule has 10 heteroatoms. The molecule has 1 aromatic carbocycles. The van der Waals surface area contributed by atoms with Crippen molar-refractivity contribution in [2.75, 3.05) is 6.54 Å². The van der Waals surface area contributed by atoms with Crippen molar-refractivity contribution in [1.29, 1.82) is 0 Å². The molecule has 1 aliphatic heterocycles. The average Bonchev–Trinajstić information content (AvgIpc) is 3.49. The Morgan fingerprint density at radius 2 is 1.56 bits per heavy atom. The fourth-order valence-electron chi connectivity index (χ4n) is 3.94. The topological polar surface area (TPSA) is 121 Å². The highest BCUT2D eigenvalue weighted by Gasteiger charge is 2.42. The van der Waals surface area contributed by atoms with Crippen molar-refractivity contribution in [2.45, 2.75) is 119 Å². The van der Waals surface area contributed by atoms with Crippen molar-refractivity contribution < 1.29 is 19.1 Å². The number of carbonyl (C=O) groups is 3. The fourth-order valence-corrected chi connectivity index (χ4v) is 4.16. The molecule has 0 bridgehead atoms. The molecule has 1 unspecified atom stereocenters. The summed E-state index contributed by atoms with van der Waals surface area (Å²) in [4.78, 5) is 52.3. The number of pyridine rings is 1. The zero-order valence-corrected chi connectivity index (χ0v) is 27.9. The minimum Gasteiger partial charge on any atom is -0.444 e. The predicted octanol–water partition coefficient (Wildman–Crippen LogP) is 6.63. The maximum absolute atomic E-state index is 12.7. The Labute approximate surface area is 252 Å². The van der Waals surface area contributed by atoms with E-state index in [1.165, 1.54) is 4.90 Å². The first-order valence-electron chi connectivity index (χ1n) is 14.8. The van der Waals surface area contributed by atoms with E-state index >= 15 is 0 Å². The third-order valence-corrected chi connectivity index (χ3v) is 6.18. The molecule has 1 fully saturated rings. The second-order valence-electron chi connectivity index (χ2n) is 9.45. The molecular weight excluding hydrogens is 540 g/mol. The van der Waals surface area contributed by atoms with Gasteiger partial charge in [0.1, 0.15) is 17.2 Å². The number of hydrogen-bond donors (Lipinski definition) is 4. The van der Waals surface area contributed by atoms with E-state index in [-0.39, 0.29) is 17.4 Å². The van der Waals surface area contributed by atoms with Crippen molar-refractivity contribution in [1.82, 2.24) is 19.9 Å². The Balaban J connectivity index is 0. The second kappa shape index (κ2) is 20.8. The van der Waals surface area contributed by atoms with E-state index in [4.69, 9.17) is 4.74 Å². The first-order valence-corrected chi connectivity index (χ1v) is 15.2. The van der Waals surface area contributed by atoms with Crippen LogP contribution >= 0.6 is 12.8 Å². The molecule has 2 heterocycles. The van der Waals surface area contributed by atoms with Crippen LogP contribution in [0.15, 0.2) is 41.3 Å². The Kier molecular flexibility index (Phi) is 20.4. The van der Waals surface area contributed by atoms with E-state index in [2.05, 4.69) is 27.8 Å². The molecular formula is C31H54N4O5S. The molecule has 1 aliphatic rings. The van der Waals surface area contributed by atoms with Crippen LogP contribution in [0.25, 0.3) is 10.8 Å². The largest absolute Gasteiger partial charge is 0.444 e. The number of rotatable bonds is 5. The smallest absolute Gasteiger partial charge is 0.410 e. The Morgan fingerprint density at radius 1 is 1.00 bits per heavy atom. The number of nitrogens with one attached hydrogen (secondary N) is 3. The summed E-state index contributed by atoms with van der Waals surface area (Å²) in [6, 6.07) is 8.78.